The number of hydrogen-bond acceptors (Lipinski definition) is 2. The Morgan fingerprint density at radius 3 is 2.29 bits per heavy atom. The van der Waals surface area contributed by atoms with Crippen molar-refractivity contribution < 1.29 is 0 Å². The van der Waals surface area contributed by atoms with Crippen LogP contribution < -0.4 is 5.32 Å². The third-order valence-electron chi connectivity index (χ3n) is 4.62. The van der Waals surface area contributed by atoms with Gasteiger partial charge in [-0.05, 0) is 30.4 Å². The molecule has 3 rings (SSSR count). The van der Waals surface area contributed by atoms with E-state index in [4.69, 9.17) is 0 Å². The molecule has 1 aliphatic heterocycles. The minimum absolute atomic E-state index is 0. The summed E-state index contributed by atoms with van der Waals surface area (Å²) in [6.45, 7) is 4.63. The molecule has 120 valence electrons. The van der Waals surface area contributed by atoms with Gasteiger partial charge in [-0.1, -0.05) is 47.0 Å². The first-order chi connectivity index (χ1) is 9.36. The Labute approximate surface area is 149 Å². The van der Waals surface area contributed by atoms with E-state index in [9.17, 15) is 0 Å². The Morgan fingerprint density at radius 1 is 1.05 bits per heavy atom. The fourth-order valence-corrected chi connectivity index (χ4v) is 4.22. The molecule has 1 aliphatic carbocycles. The van der Waals surface area contributed by atoms with Crippen LogP contribution in [0.3, 0.4) is 0 Å². The third kappa shape index (κ3) is 4.59. The maximum atomic E-state index is 3.77. The zero-order valence-corrected chi connectivity index (χ0v) is 15.5. The zero-order valence-electron chi connectivity index (χ0n) is 12.3. The Bertz CT molecular complexity index is 418. The van der Waals surface area contributed by atoms with E-state index in [1.807, 2.05) is 0 Å². The zero-order chi connectivity index (χ0) is 13.1. The van der Waals surface area contributed by atoms with Gasteiger partial charge in [-0.15, -0.1) is 24.8 Å². The van der Waals surface area contributed by atoms with E-state index < -0.39 is 0 Å². The molecule has 2 aliphatic rings. The van der Waals surface area contributed by atoms with Crippen molar-refractivity contribution >= 4 is 40.7 Å². The van der Waals surface area contributed by atoms with Crippen molar-refractivity contribution in [1.82, 2.24) is 10.2 Å². The van der Waals surface area contributed by atoms with Crippen molar-refractivity contribution in [3.63, 3.8) is 0 Å². The lowest BCUT2D eigenvalue weighted by Gasteiger charge is -2.39. The van der Waals surface area contributed by atoms with Crippen LogP contribution in [0.2, 0.25) is 0 Å². The Kier molecular flexibility index (Phi) is 8.58. The highest BCUT2D eigenvalue weighted by molar-refractivity contribution is 9.10. The van der Waals surface area contributed by atoms with Gasteiger partial charge in [0.05, 0.1) is 0 Å². The normalized spacial score (nSPS) is 21.4. The first kappa shape index (κ1) is 19.2. The lowest BCUT2D eigenvalue weighted by Crippen LogP contribution is -2.46. The minimum atomic E-state index is 0. The highest BCUT2D eigenvalue weighted by Gasteiger charge is 2.32. The maximum Gasteiger partial charge on any atom is 0.0388 e. The highest BCUT2D eigenvalue weighted by Crippen LogP contribution is 2.41. The third-order valence-corrected chi connectivity index (χ3v) is 5.34. The lowest BCUT2D eigenvalue weighted by atomic mass is 9.90. The van der Waals surface area contributed by atoms with Crippen LogP contribution in [0.15, 0.2) is 28.7 Å². The number of rotatable bonds is 3. The predicted octanol–water partition coefficient (Wildman–Crippen LogP) is 4.43. The average Bonchev–Trinajstić information content (AvgIpc) is 2.96. The molecule has 2 nitrogen and oxygen atoms in total. The van der Waals surface area contributed by atoms with Crippen LogP contribution >= 0.6 is 40.7 Å². The summed E-state index contributed by atoms with van der Waals surface area (Å²) >= 11 is 3.77. The molecule has 1 atom stereocenters. The van der Waals surface area contributed by atoms with Crippen LogP contribution in [-0.2, 0) is 0 Å². The number of benzene rings is 1. The molecule has 0 spiro atoms. The van der Waals surface area contributed by atoms with E-state index >= 15 is 0 Å². The Morgan fingerprint density at radius 2 is 1.67 bits per heavy atom. The topological polar surface area (TPSA) is 15.3 Å². The SMILES string of the molecule is Brc1ccccc1[C@H](C1CCCC1)N1CCNCC1.Cl.Cl. The van der Waals surface area contributed by atoms with Gasteiger partial charge in [-0.3, -0.25) is 4.90 Å². The lowest BCUT2D eigenvalue weighted by molar-refractivity contribution is 0.125. The predicted molar refractivity (Wildman–Crippen MR) is 97.8 cm³/mol. The summed E-state index contributed by atoms with van der Waals surface area (Å²) in [6.07, 6.45) is 5.63. The summed E-state index contributed by atoms with van der Waals surface area (Å²) in [7, 11) is 0. The molecule has 1 saturated heterocycles. The van der Waals surface area contributed by atoms with Gasteiger partial charge >= 0.3 is 0 Å². The van der Waals surface area contributed by atoms with Gasteiger partial charge in [0.1, 0.15) is 0 Å². The van der Waals surface area contributed by atoms with Gasteiger partial charge in [-0.25, -0.2) is 0 Å². The Hall–Kier alpha value is 0.200. The first-order valence-electron chi connectivity index (χ1n) is 7.55. The van der Waals surface area contributed by atoms with Crippen LogP contribution in [0.1, 0.15) is 37.3 Å². The van der Waals surface area contributed by atoms with Gasteiger partial charge in [0.15, 0.2) is 0 Å². The monoisotopic (exact) mass is 394 g/mol. The number of nitrogens with one attached hydrogen (secondary N) is 1. The average molecular weight is 396 g/mol. The van der Waals surface area contributed by atoms with Crippen LogP contribution in [0, 0.1) is 5.92 Å². The summed E-state index contributed by atoms with van der Waals surface area (Å²) in [5.41, 5.74) is 1.50. The summed E-state index contributed by atoms with van der Waals surface area (Å²) in [5, 5.41) is 3.47. The van der Waals surface area contributed by atoms with Crippen LogP contribution in [0.5, 0.6) is 0 Å². The summed E-state index contributed by atoms with van der Waals surface area (Å²) < 4.78 is 1.28. The maximum absolute atomic E-state index is 3.77. The van der Waals surface area contributed by atoms with E-state index in [0.29, 0.717) is 6.04 Å². The molecule has 0 aromatic heterocycles. The van der Waals surface area contributed by atoms with Crippen molar-refractivity contribution in [2.45, 2.75) is 31.7 Å². The highest BCUT2D eigenvalue weighted by atomic mass is 79.9. The van der Waals surface area contributed by atoms with E-state index in [2.05, 4.69) is 50.4 Å². The standard InChI is InChI=1S/C16H23BrN2.2ClH/c17-15-8-4-3-7-14(15)16(13-5-1-2-6-13)19-11-9-18-10-12-19;;/h3-4,7-8,13,16,18H,1-2,5-6,9-12H2;2*1H/t16-;;/m0../s1. The molecule has 0 bridgehead atoms. The van der Waals surface area contributed by atoms with Gasteiger partial charge in [0, 0.05) is 36.7 Å². The van der Waals surface area contributed by atoms with Gasteiger partial charge in [0.2, 0.25) is 0 Å². The second kappa shape index (κ2) is 9.36. The van der Waals surface area contributed by atoms with E-state index in [-0.39, 0.29) is 24.8 Å². The van der Waals surface area contributed by atoms with Gasteiger partial charge in [-0.2, -0.15) is 0 Å². The molecular formula is C16H25BrCl2N2. The molecule has 21 heavy (non-hydrogen) atoms. The molecule has 1 heterocycles. The molecule has 1 aromatic carbocycles. The van der Waals surface area contributed by atoms with Crippen molar-refractivity contribution in [3.8, 4) is 0 Å². The summed E-state index contributed by atoms with van der Waals surface area (Å²) in [5.74, 6) is 0.844. The first-order valence-corrected chi connectivity index (χ1v) is 8.35. The summed E-state index contributed by atoms with van der Waals surface area (Å²) in [4.78, 5) is 2.70. The van der Waals surface area contributed by atoms with Gasteiger partial charge in [0.25, 0.3) is 0 Å². The van der Waals surface area contributed by atoms with Crippen LogP contribution in [-0.4, -0.2) is 31.1 Å². The van der Waals surface area contributed by atoms with Crippen molar-refractivity contribution in [2.24, 2.45) is 5.92 Å². The number of halogens is 3. The largest absolute Gasteiger partial charge is 0.314 e. The van der Waals surface area contributed by atoms with Crippen molar-refractivity contribution in [3.05, 3.63) is 34.3 Å². The summed E-state index contributed by atoms with van der Waals surface area (Å²) in [6, 6.07) is 9.43. The molecule has 2 fully saturated rings. The molecule has 0 amide bonds. The van der Waals surface area contributed by atoms with Crippen LogP contribution in [0.25, 0.3) is 0 Å². The Balaban J connectivity index is 0.00000110. The number of nitrogens with zero attached hydrogens (tertiary/aromatic N) is 1. The molecular weight excluding hydrogens is 371 g/mol. The van der Waals surface area contributed by atoms with Gasteiger partial charge < -0.3 is 5.32 Å². The van der Waals surface area contributed by atoms with Crippen molar-refractivity contribution in [2.75, 3.05) is 26.2 Å². The fourth-order valence-electron chi connectivity index (χ4n) is 3.70. The van der Waals surface area contributed by atoms with E-state index in [1.165, 1.54) is 48.8 Å². The van der Waals surface area contributed by atoms with E-state index in [1.54, 1.807) is 0 Å². The molecule has 1 aromatic rings. The number of piperazine rings is 1. The molecule has 1 saturated carbocycles. The smallest absolute Gasteiger partial charge is 0.0388 e. The minimum Gasteiger partial charge on any atom is -0.314 e. The number of hydrogen-bond donors (Lipinski definition) is 1. The fraction of sp³-hybridized carbons (Fsp3) is 0.625. The molecule has 0 radical (unpaired) electrons. The molecule has 1 N–H and O–H groups in total. The molecule has 5 heteroatoms. The second-order valence-corrected chi connectivity index (χ2v) is 6.65. The second-order valence-electron chi connectivity index (χ2n) is 5.80. The van der Waals surface area contributed by atoms with E-state index in [0.717, 1.165) is 19.0 Å². The quantitative estimate of drug-likeness (QED) is 0.814. The van der Waals surface area contributed by atoms with Crippen molar-refractivity contribution in [1.29, 1.82) is 0 Å². The van der Waals surface area contributed by atoms with Crippen LogP contribution in [0.4, 0.5) is 0 Å². The molecule has 0 unspecified atom stereocenters.